The van der Waals surface area contributed by atoms with Crippen LogP contribution < -0.4 is 10.1 Å². The maximum Gasteiger partial charge on any atom is 0.260 e. The van der Waals surface area contributed by atoms with Crippen molar-refractivity contribution in [2.45, 2.75) is 32.8 Å². The molecular formula is C19H22ClNO2. The number of rotatable bonds is 7. The van der Waals surface area contributed by atoms with Gasteiger partial charge in [-0.25, -0.2) is 0 Å². The summed E-state index contributed by atoms with van der Waals surface area (Å²) in [4.78, 5) is 12.0. The van der Waals surface area contributed by atoms with Gasteiger partial charge in [0.2, 0.25) is 0 Å². The van der Waals surface area contributed by atoms with Crippen molar-refractivity contribution >= 4 is 17.5 Å². The highest BCUT2D eigenvalue weighted by molar-refractivity contribution is 6.32. The van der Waals surface area contributed by atoms with Gasteiger partial charge >= 0.3 is 0 Å². The summed E-state index contributed by atoms with van der Waals surface area (Å²) >= 11 is 6.02. The summed E-state index contributed by atoms with van der Waals surface area (Å²) in [6, 6.07) is 15.6. The van der Waals surface area contributed by atoms with Crippen molar-refractivity contribution in [3.05, 3.63) is 64.7 Å². The zero-order chi connectivity index (χ0) is 16.7. The van der Waals surface area contributed by atoms with Crippen molar-refractivity contribution in [3.8, 4) is 5.75 Å². The molecule has 0 heterocycles. The molecular weight excluding hydrogens is 310 g/mol. The molecule has 3 nitrogen and oxygen atoms in total. The molecule has 1 atom stereocenters. The fraction of sp³-hybridized carbons (Fsp3) is 0.316. The van der Waals surface area contributed by atoms with Crippen molar-refractivity contribution in [1.82, 2.24) is 5.32 Å². The molecule has 1 amide bonds. The Morgan fingerprint density at radius 3 is 2.74 bits per heavy atom. The first-order chi connectivity index (χ1) is 11.1. The molecule has 122 valence electrons. The lowest BCUT2D eigenvalue weighted by Crippen LogP contribution is -2.37. The van der Waals surface area contributed by atoms with Crippen molar-refractivity contribution in [1.29, 1.82) is 0 Å². The molecule has 0 radical (unpaired) electrons. The maximum atomic E-state index is 12.0. The van der Waals surface area contributed by atoms with E-state index in [1.807, 2.05) is 12.1 Å². The molecule has 1 unspecified atom stereocenters. The highest BCUT2D eigenvalue weighted by atomic mass is 35.5. The standard InChI is InChI=1S/C19H22ClNO2/c1-14-7-5-8-16(13-14)9-6-12-21-19(22)15(2)23-18-11-4-3-10-17(18)20/h3-5,7-8,10-11,13,15H,6,9,12H2,1-2H3,(H,21,22). The van der Waals surface area contributed by atoms with Gasteiger partial charge < -0.3 is 10.1 Å². The van der Waals surface area contributed by atoms with Crippen LogP contribution in [0.2, 0.25) is 5.02 Å². The largest absolute Gasteiger partial charge is 0.479 e. The van der Waals surface area contributed by atoms with Crippen molar-refractivity contribution in [2.24, 2.45) is 0 Å². The molecule has 0 aromatic heterocycles. The second kappa shape index (κ2) is 8.59. The van der Waals surface area contributed by atoms with Crippen LogP contribution in [0.5, 0.6) is 5.75 Å². The van der Waals surface area contributed by atoms with Crippen LogP contribution in [0.4, 0.5) is 0 Å². The Morgan fingerprint density at radius 2 is 2.00 bits per heavy atom. The van der Waals surface area contributed by atoms with Crippen LogP contribution in [-0.2, 0) is 11.2 Å². The molecule has 0 fully saturated rings. The monoisotopic (exact) mass is 331 g/mol. The fourth-order valence-corrected chi connectivity index (χ4v) is 2.48. The number of carbonyl (C=O) groups excluding carboxylic acids is 1. The summed E-state index contributed by atoms with van der Waals surface area (Å²) in [6.07, 6.45) is 1.27. The zero-order valence-electron chi connectivity index (χ0n) is 13.5. The van der Waals surface area contributed by atoms with E-state index in [2.05, 4.69) is 36.5 Å². The summed E-state index contributed by atoms with van der Waals surface area (Å²) in [5.74, 6) is 0.394. The average molecular weight is 332 g/mol. The number of nitrogens with one attached hydrogen (secondary N) is 1. The number of benzene rings is 2. The van der Waals surface area contributed by atoms with Gasteiger partial charge in [-0.05, 0) is 44.4 Å². The van der Waals surface area contributed by atoms with Crippen LogP contribution in [0.15, 0.2) is 48.5 Å². The average Bonchev–Trinajstić information content (AvgIpc) is 2.53. The van der Waals surface area contributed by atoms with Crippen LogP contribution in [0.25, 0.3) is 0 Å². The van der Waals surface area contributed by atoms with Gasteiger partial charge in [0.15, 0.2) is 6.10 Å². The van der Waals surface area contributed by atoms with Crippen molar-refractivity contribution < 1.29 is 9.53 Å². The summed E-state index contributed by atoms with van der Waals surface area (Å²) in [5, 5.41) is 3.41. The first-order valence-corrected chi connectivity index (χ1v) is 8.18. The quantitative estimate of drug-likeness (QED) is 0.773. The third-order valence-electron chi connectivity index (χ3n) is 3.53. The molecule has 0 bridgehead atoms. The van der Waals surface area contributed by atoms with Gasteiger partial charge in [-0.15, -0.1) is 0 Å². The topological polar surface area (TPSA) is 38.3 Å². The molecule has 0 spiro atoms. The fourth-order valence-electron chi connectivity index (χ4n) is 2.30. The molecule has 1 N–H and O–H groups in total. The minimum absolute atomic E-state index is 0.130. The number of hydrogen-bond acceptors (Lipinski definition) is 2. The zero-order valence-corrected chi connectivity index (χ0v) is 14.3. The van der Waals surface area contributed by atoms with Gasteiger partial charge in [-0.1, -0.05) is 53.6 Å². The van der Waals surface area contributed by atoms with E-state index in [0.717, 1.165) is 12.8 Å². The van der Waals surface area contributed by atoms with Crippen molar-refractivity contribution in [3.63, 3.8) is 0 Å². The molecule has 4 heteroatoms. The third-order valence-corrected chi connectivity index (χ3v) is 3.85. The van der Waals surface area contributed by atoms with Gasteiger partial charge in [0, 0.05) is 6.54 Å². The lowest BCUT2D eigenvalue weighted by atomic mass is 10.1. The Balaban J connectivity index is 1.73. The molecule has 0 aliphatic heterocycles. The van der Waals surface area contributed by atoms with E-state index in [1.165, 1.54) is 11.1 Å². The van der Waals surface area contributed by atoms with E-state index < -0.39 is 6.10 Å². The molecule has 0 aliphatic carbocycles. The number of ether oxygens (including phenoxy) is 1. The summed E-state index contributed by atoms with van der Waals surface area (Å²) in [5.41, 5.74) is 2.55. The Morgan fingerprint density at radius 1 is 1.22 bits per heavy atom. The van der Waals surface area contributed by atoms with Crippen LogP contribution in [0.3, 0.4) is 0 Å². The van der Waals surface area contributed by atoms with Crippen LogP contribution in [0.1, 0.15) is 24.5 Å². The molecule has 0 aliphatic rings. The molecule has 23 heavy (non-hydrogen) atoms. The molecule has 2 aromatic rings. The third kappa shape index (κ3) is 5.61. The van der Waals surface area contributed by atoms with Gasteiger partial charge in [0.25, 0.3) is 5.91 Å². The van der Waals surface area contributed by atoms with E-state index in [4.69, 9.17) is 16.3 Å². The van der Waals surface area contributed by atoms with E-state index in [0.29, 0.717) is 17.3 Å². The first kappa shape index (κ1) is 17.4. The number of hydrogen-bond donors (Lipinski definition) is 1. The highest BCUT2D eigenvalue weighted by Crippen LogP contribution is 2.24. The Kier molecular flexibility index (Phi) is 6.48. The number of para-hydroxylation sites is 1. The first-order valence-electron chi connectivity index (χ1n) is 7.80. The van der Waals surface area contributed by atoms with Crippen LogP contribution in [0, 0.1) is 6.92 Å². The van der Waals surface area contributed by atoms with E-state index in [-0.39, 0.29) is 5.91 Å². The smallest absolute Gasteiger partial charge is 0.260 e. The Labute approximate surface area is 142 Å². The van der Waals surface area contributed by atoms with E-state index in [9.17, 15) is 4.79 Å². The summed E-state index contributed by atoms with van der Waals surface area (Å²) < 4.78 is 5.59. The molecule has 2 rings (SSSR count). The number of amides is 1. The Bertz CT molecular complexity index is 657. The highest BCUT2D eigenvalue weighted by Gasteiger charge is 2.15. The number of carbonyl (C=O) groups is 1. The van der Waals surface area contributed by atoms with Gasteiger partial charge in [-0.2, -0.15) is 0 Å². The number of aryl methyl sites for hydroxylation is 2. The Hall–Kier alpha value is -2.00. The molecule has 0 saturated heterocycles. The van der Waals surface area contributed by atoms with Crippen LogP contribution >= 0.6 is 11.6 Å². The van der Waals surface area contributed by atoms with Crippen molar-refractivity contribution in [2.75, 3.05) is 6.54 Å². The SMILES string of the molecule is Cc1cccc(CCCNC(=O)C(C)Oc2ccccc2Cl)c1. The maximum absolute atomic E-state index is 12.0. The number of halogens is 1. The predicted octanol–water partition coefficient (Wildman–Crippen LogP) is 4.16. The van der Waals surface area contributed by atoms with Crippen LogP contribution in [-0.4, -0.2) is 18.6 Å². The second-order valence-corrected chi connectivity index (χ2v) is 5.98. The van der Waals surface area contributed by atoms with E-state index >= 15 is 0 Å². The summed E-state index contributed by atoms with van der Waals surface area (Å²) in [6.45, 7) is 4.43. The van der Waals surface area contributed by atoms with Gasteiger partial charge in [0.1, 0.15) is 5.75 Å². The molecule has 2 aromatic carbocycles. The molecule has 0 saturated carbocycles. The lowest BCUT2D eigenvalue weighted by Gasteiger charge is -2.15. The summed E-state index contributed by atoms with van der Waals surface area (Å²) in [7, 11) is 0. The normalized spacial score (nSPS) is 11.8. The minimum atomic E-state index is -0.575. The van der Waals surface area contributed by atoms with Gasteiger partial charge in [0.05, 0.1) is 5.02 Å². The van der Waals surface area contributed by atoms with E-state index in [1.54, 1.807) is 19.1 Å². The minimum Gasteiger partial charge on any atom is -0.479 e. The second-order valence-electron chi connectivity index (χ2n) is 5.57. The predicted molar refractivity (Wildman–Crippen MR) is 94.1 cm³/mol. The van der Waals surface area contributed by atoms with Gasteiger partial charge in [-0.3, -0.25) is 4.79 Å². The lowest BCUT2D eigenvalue weighted by molar-refractivity contribution is -0.127.